The summed E-state index contributed by atoms with van der Waals surface area (Å²) in [5.74, 6) is -0.477. The number of hydrogen-bond acceptors (Lipinski definition) is 5. The maximum absolute atomic E-state index is 12.8. The number of hydrogen-bond donors (Lipinski definition) is 1. The zero-order valence-electron chi connectivity index (χ0n) is 14.9. The smallest absolute Gasteiger partial charge is 0.310 e. The molecule has 4 aliphatic rings. The van der Waals surface area contributed by atoms with Crippen LogP contribution < -0.4 is 5.32 Å². The summed E-state index contributed by atoms with van der Waals surface area (Å²) >= 11 is 0. The number of benzene rings is 1. The highest BCUT2D eigenvalue weighted by atomic mass is 16.6. The molecule has 1 N–H and O–H groups in total. The molecule has 1 aromatic rings. The number of carbonyl (C=O) groups is 3. The van der Waals surface area contributed by atoms with Crippen molar-refractivity contribution in [3.05, 3.63) is 29.8 Å². The molecule has 0 radical (unpaired) electrons. The Bertz CT molecular complexity index is 784. The molecule has 2 bridgehead atoms. The predicted molar refractivity (Wildman–Crippen MR) is 94.9 cm³/mol. The van der Waals surface area contributed by atoms with Gasteiger partial charge in [-0.05, 0) is 43.0 Å². The molecule has 5 rings (SSSR count). The Kier molecular flexibility index (Phi) is 3.93. The van der Waals surface area contributed by atoms with Gasteiger partial charge in [0, 0.05) is 30.3 Å². The zero-order chi connectivity index (χ0) is 18.5. The van der Waals surface area contributed by atoms with Crippen LogP contribution in [0, 0.1) is 23.7 Å². The number of ether oxygens (including phenoxy) is 2. The van der Waals surface area contributed by atoms with Crippen molar-refractivity contribution in [1.29, 1.82) is 0 Å². The molecule has 5 unspecified atom stereocenters. The van der Waals surface area contributed by atoms with Crippen molar-refractivity contribution in [1.82, 2.24) is 4.90 Å². The first-order chi connectivity index (χ1) is 13.1. The SMILES string of the molecule is O=C(Nc1ccc(C(=O)N2CCOCC2)cc1)C1C2CC3OC(=O)C1C3C2. The van der Waals surface area contributed by atoms with Crippen molar-refractivity contribution in [2.75, 3.05) is 31.6 Å². The van der Waals surface area contributed by atoms with Crippen LogP contribution in [0.2, 0.25) is 0 Å². The maximum atomic E-state index is 12.8. The first-order valence-electron chi connectivity index (χ1n) is 9.60. The Morgan fingerprint density at radius 1 is 1.07 bits per heavy atom. The molecule has 2 heterocycles. The van der Waals surface area contributed by atoms with Crippen molar-refractivity contribution in [3.63, 3.8) is 0 Å². The minimum atomic E-state index is -0.295. The highest BCUT2D eigenvalue weighted by molar-refractivity contribution is 5.98. The Hall–Kier alpha value is -2.41. The largest absolute Gasteiger partial charge is 0.462 e. The van der Waals surface area contributed by atoms with Gasteiger partial charge in [0.25, 0.3) is 5.91 Å². The standard InChI is InChI=1S/C20H22N2O5/c23-18(16-12-9-14-15(10-12)27-20(25)17(14)16)21-13-3-1-11(2-4-13)19(24)22-5-7-26-8-6-22/h1-4,12,14-17H,5-10H2,(H,21,23). The molecule has 0 aromatic heterocycles. The van der Waals surface area contributed by atoms with E-state index in [0.717, 1.165) is 12.8 Å². The monoisotopic (exact) mass is 370 g/mol. The summed E-state index contributed by atoms with van der Waals surface area (Å²) in [6.07, 6.45) is 1.74. The molecule has 0 spiro atoms. The normalized spacial score (nSPS) is 33.9. The molecule has 1 aromatic carbocycles. The lowest BCUT2D eigenvalue weighted by Gasteiger charge is -2.27. The molecule has 2 aliphatic carbocycles. The van der Waals surface area contributed by atoms with Crippen LogP contribution in [0.3, 0.4) is 0 Å². The lowest BCUT2D eigenvalue weighted by Crippen LogP contribution is -2.40. The van der Waals surface area contributed by atoms with Crippen LogP contribution in [0.4, 0.5) is 5.69 Å². The van der Waals surface area contributed by atoms with Crippen molar-refractivity contribution in [2.24, 2.45) is 23.7 Å². The predicted octanol–water partition coefficient (Wildman–Crippen LogP) is 1.30. The van der Waals surface area contributed by atoms with E-state index < -0.39 is 0 Å². The van der Waals surface area contributed by atoms with Gasteiger partial charge >= 0.3 is 5.97 Å². The average Bonchev–Trinajstić information content (AvgIpc) is 3.31. The third-order valence-electron chi connectivity index (χ3n) is 6.48. The highest BCUT2D eigenvalue weighted by Crippen LogP contribution is 2.57. The Morgan fingerprint density at radius 3 is 2.56 bits per heavy atom. The fraction of sp³-hybridized carbons (Fsp3) is 0.550. The highest BCUT2D eigenvalue weighted by Gasteiger charge is 2.63. The minimum absolute atomic E-state index is 0.0241. The van der Waals surface area contributed by atoms with Crippen molar-refractivity contribution in [2.45, 2.75) is 18.9 Å². The second-order valence-corrected chi connectivity index (χ2v) is 7.89. The fourth-order valence-electron chi connectivity index (χ4n) is 5.23. The van der Waals surface area contributed by atoms with E-state index in [4.69, 9.17) is 9.47 Å². The zero-order valence-corrected chi connectivity index (χ0v) is 14.9. The van der Waals surface area contributed by atoms with E-state index >= 15 is 0 Å². The number of anilines is 1. The van der Waals surface area contributed by atoms with Crippen molar-refractivity contribution in [3.8, 4) is 0 Å². The van der Waals surface area contributed by atoms with E-state index in [9.17, 15) is 14.4 Å². The van der Waals surface area contributed by atoms with Gasteiger partial charge in [-0.3, -0.25) is 14.4 Å². The van der Waals surface area contributed by atoms with Crippen LogP contribution in [-0.4, -0.2) is 55.1 Å². The van der Waals surface area contributed by atoms with Crippen LogP contribution in [0.5, 0.6) is 0 Å². The van der Waals surface area contributed by atoms with Gasteiger partial charge in [-0.1, -0.05) is 0 Å². The maximum Gasteiger partial charge on any atom is 0.310 e. The lowest BCUT2D eigenvalue weighted by molar-refractivity contribution is -0.145. The van der Waals surface area contributed by atoms with Crippen LogP contribution in [-0.2, 0) is 19.1 Å². The van der Waals surface area contributed by atoms with Crippen LogP contribution in [0.25, 0.3) is 0 Å². The number of nitrogens with one attached hydrogen (secondary N) is 1. The molecule has 142 valence electrons. The summed E-state index contributed by atoms with van der Waals surface area (Å²) in [6, 6.07) is 6.95. The molecule has 2 amide bonds. The van der Waals surface area contributed by atoms with Gasteiger partial charge in [-0.25, -0.2) is 0 Å². The van der Waals surface area contributed by atoms with Gasteiger partial charge in [0.15, 0.2) is 0 Å². The number of fused-ring (bicyclic) bond motifs is 1. The Labute approximate surface area is 157 Å². The first kappa shape index (κ1) is 16.7. The number of carbonyl (C=O) groups excluding carboxylic acids is 3. The number of amides is 2. The number of morpholine rings is 1. The quantitative estimate of drug-likeness (QED) is 0.811. The van der Waals surface area contributed by atoms with Gasteiger partial charge in [-0.15, -0.1) is 0 Å². The molecular weight excluding hydrogens is 348 g/mol. The molecule has 7 nitrogen and oxygen atoms in total. The van der Waals surface area contributed by atoms with Crippen LogP contribution in [0.15, 0.2) is 24.3 Å². The topological polar surface area (TPSA) is 84.9 Å². The molecule has 2 saturated heterocycles. The summed E-state index contributed by atoms with van der Waals surface area (Å²) < 4.78 is 10.7. The molecule has 4 fully saturated rings. The third kappa shape index (κ3) is 2.72. The number of rotatable bonds is 3. The Balaban J connectivity index is 1.25. The van der Waals surface area contributed by atoms with Crippen molar-refractivity contribution >= 4 is 23.5 Å². The molecule has 2 aliphatic heterocycles. The van der Waals surface area contributed by atoms with Gasteiger partial charge in [0.2, 0.25) is 5.91 Å². The number of esters is 1. The fourth-order valence-corrected chi connectivity index (χ4v) is 5.23. The van der Waals surface area contributed by atoms with Gasteiger partial charge < -0.3 is 19.7 Å². The molecule has 2 saturated carbocycles. The van der Waals surface area contributed by atoms with E-state index in [-0.39, 0.29) is 47.6 Å². The van der Waals surface area contributed by atoms with E-state index in [1.165, 1.54) is 0 Å². The Morgan fingerprint density at radius 2 is 1.81 bits per heavy atom. The summed E-state index contributed by atoms with van der Waals surface area (Å²) in [5.41, 5.74) is 1.24. The van der Waals surface area contributed by atoms with Gasteiger partial charge in [-0.2, -0.15) is 0 Å². The second-order valence-electron chi connectivity index (χ2n) is 7.89. The van der Waals surface area contributed by atoms with Crippen molar-refractivity contribution < 1.29 is 23.9 Å². The summed E-state index contributed by atoms with van der Waals surface area (Å²) in [7, 11) is 0. The minimum Gasteiger partial charge on any atom is -0.462 e. The summed E-state index contributed by atoms with van der Waals surface area (Å²) in [5, 5.41) is 2.93. The first-order valence-corrected chi connectivity index (χ1v) is 9.60. The summed E-state index contributed by atoms with van der Waals surface area (Å²) in [6.45, 7) is 2.32. The summed E-state index contributed by atoms with van der Waals surface area (Å²) in [4.78, 5) is 39.1. The van der Waals surface area contributed by atoms with E-state index in [0.29, 0.717) is 37.6 Å². The number of nitrogens with zero attached hydrogens (tertiary/aromatic N) is 1. The van der Waals surface area contributed by atoms with Gasteiger partial charge in [0.05, 0.1) is 25.0 Å². The lowest BCUT2D eigenvalue weighted by atomic mass is 9.79. The molecule has 5 atom stereocenters. The average molecular weight is 370 g/mol. The van der Waals surface area contributed by atoms with E-state index in [1.807, 2.05) is 0 Å². The second kappa shape index (κ2) is 6.34. The van der Waals surface area contributed by atoms with E-state index in [2.05, 4.69) is 5.32 Å². The third-order valence-corrected chi connectivity index (χ3v) is 6.48. The van der Waals surface area contributed by atoms with E-state index in [1.54, 1.807) is 29.2 Å². The molecule has 7 heteroatoms. The van der Waals surface area contributed by atoms with Crippen LogP contribution in [0.1, 0.15) is 23.2 Å². The van der Waals surface area contributed by atoms with Crippen LogP contribution >= 0.6 is 0 Å². The molecule has 27 heavy (non-hydrogen) atoms. The molecular formula is C20H22N2O5. The van der Waals surface area contributed by atoms with Gasteiger partial charge in [0.1, 0.15) is 6.10 Å².